The van der Waals surface area contributed by atoms with Gasteiger partial charge in [-0.1, -0.05) is 13.8 Å². The maximum absolute atomic E-state index is 11.6. The van der Waals surface area contributed by atoms with Gasteiger partial charge in [-0.05, 0) is 30.2 Å². The van der Waals surface area contributed by atoms with Crippen molar-refractivity contribution in [3.8, 4) is 0 Å². The Bertz CT molecular complexity index is 426. The van der Waals surface area contributed by atoms with Crippen LogP contribution in [0.1, 0.15) is 24.2 Å². The number of carbonyl (C=O) groups is 2. The van der Waals surface area contributed by atoms with E-state index in [1.807, 2.05) is 13.8 Å². The van der Waals surface area contributed by atoms with Crippen molar-refractivity contribution in [3.05, 3.63) is 29.8 Å². The first-order valence-electron chi connectivity index (χ1n) is 5.70. The van der Waals surface area contributed by atoms with E-state index in [1.54, 1.807) is 24.3 Å². The lowest BCUT2D eigenvalue weighted by molar-refractivity contribution is -0.142. The van der Waals surface area contributed by atoms with Crippen LogP contribution in [0.3, 0.4) is 0 Å². The number of anilines is 1. The van der Waals surface area contributed by atoms with Gasteiger partial charge in [-0.15, -0.1) is 0 Å². The van der Waals surface area contributed by atoms with E-state index in [1.165, 1.54) is 7.11 Å². The molecule has 1 amide bonds. The summed E-state index contributed by atoms with van der Waals surface area (Å²) in [4.78, 5) is 22.5. The molecule has 0 saturated carbocycles. The second-order valence-electron chi connectivity index (χ2n) is 4.33. The van der Waals surface area contributed by atoms with Gasteiger partial charge < -0.3 is 15.8 Å². The van der Waals surface area contributed by atoms with E-state index in [9.17, 15) is 9.59 Å². The number of hydrogen-bond acceptors (Lipinski definition) is 4. The number of methoxy groups -OCH3 is 1. The summed E-state index contributed by atoms with van der Waals surface area (Å²) in [6.07, 6.45) is 0. The highest BCUT2D eigenvalue weighted by molar-refractivity contribution is 5.93. The van der Waals surface area contributed by atoms with Crippen LogP contribution in [-0.4, -0.2) is 25.0 Å². The minimum atomic E-state index is -0.477. The topological polar surface area (TPSA) is 81.4 Å². The van der Waals surface area contributed by atoms with E-state index >= 15 is 0 Å². The van der Waals surface area contributed by atoms with Crippen LogP contribution in [0.2, 0.25) is 0 Å². The van der Waals surface area contributed by atoms with Crippen LogP contribution in [0.4, 0.5) is 5.69 Å². The molecule has 0 bridgehead atoms. The van der Waals surface area contributed by atoms with Crippen molar-refractivity contribution in [2.45, 2.75) is 19.9 Å². The molecule has 0 heterocycles. The van der Waals surface area contributed by atoms with Gasteiger partial charge in [0.2, 0.25) is 5.91 Å². The zero-order valence-electron chi connectivity index (χ0n) is 10.8. The van der Waals surface area contributed by atoms with Crippen molar-refractivity contribution in [1.82, 2.24) is 0 Å². The van der Waals surface area contributed by atoms with Gasteiger partial charge in [0.05, 0.1) is 7.11 Å². The number of ether oxygens (including phenoxy) is 1. The summed E-state index contributed by atoms with van der Waals surface area (Å²) in [5.41, 5.74) is 6.32. The molecule has 0 aliphatic heterocycles. The van der Waals surface area contributed by atoms with Gasteiger partial charge in [0.15, 0.2) is 0 Å². The highest BCUT2D eigenvalue weighted by Gasteiger charge is 2.22. The standard InChI is InChI=1S/C13H18N2O3/c1-8(2)11(13(17)18-3)15-10-6-4-9(5-7-10)12(14)16/h4-8,11,15H,1-3H3,(H2,14,16). The molecule has 0 aliphatic rings. The quantitative estimate of drug-likeness (QED) is 0.774. The highest BCUT2D eigenvalue weighted by Crippen LogP contribution is 2.14. The van der Waals surface area contributed by atoms with Gasteiger partial charge >= 0.3 is 5.97 Å². The van der Waals surface area contributed by atoms with Gasteiger partial charge in [0, 0.05) is 11.3 Å². The molecule has 1 unspecified atom stereocenters. The summed E-state index contributed by atoms with van der Waals surface area (Å²) >= 11 is 0. The molecule has 0 radical (unpaired) electrons. The Morgan fingerprint density at radius 3 is 2.17 bits per heavy atom. The molecule has 18 heavy (non-hydrogen) atoms. The zero-order valence-corrected chi connectivity index (χ0v) is 10.8. The SMILES string of the molecule is COC(=O)C(Nc1ccc(C(N)=O)cc1)C(C)C. The number of rotatable bonds is 5. The lowest BCUT2D eigenvalue weighted by Crippen LogP contribution is -2.35. The average molecular weight is 250 g/mol. The Labute approximate surface area is 106 Å². The van der Waals surface area contributed by atoms with Gasteiger partial charge in [-0.3, -0.25) is 4.79 Å². The molecule has 0 aromatic heterocycles. The molecule has 5 heteroatoms. The van der Waals surface area contributed by atoms with Crippen LogP contribution in [0.5, 0.6) is 0 Å². The summed E-state index contributed by atoms with van der Waals surface area (Å²) in [6.45, 7) is 3.85. The Morgan fingerprint density at radius 2 is 1.78 bits per heavy atom. The number of esters is 1. The molecule has 1 atom stereocenters. The van der Waals surface area contributed by atoms with Crippen LogP contribution in [0.25, 0.3) is 0 Å². The smallest absolute Gasteiger partial charge is 0.328 e. The van der Waals surface area contributed by atoms with Crippen molar-refractivity contribution in [3.63, 3.8) is 0 Å². The number of nitrogens with one attached hydrogen (secondary N) is 1. The van der Waals surface area contributed by atoms with Crippen molar-refractivity contribution in [2.75, 3.05) is 12.4 Å². The molecule has 0 saturated heterocycles. The Kier molecular flexibility index (Phi) is 4.71. The van der Waals surface area contributed by atoms with Crippen molar-refractivity contribution in [1.29, 1.82) is 0 Å². The molecule has 0 fully saturated rings. The third-order valence-electron chi connectivity index (χ3n) is 2.61. The molecule has 0 aliphatic carbocycles. The molecule has 0 spiro atoms. The third-order valence-corrected chi connectivity index (χ3v) is 2.61. The predicted molar refractivity (Wildman–Crippen MR) is 69.2 cm³/mol. The normalized spacial score (nSPS) is 12.0. The molecular formula is C13H18N2O3. The van der Waals surface area contributed by atoms with Crippen LogP contribution < -0.4 is 11.1 Å². The molecule has 1 aromatic rings. The minimum absolute atomic E-state index is 0.0910. The largest absolute Gasteiger partial charge is 0.467 e. The van der Waals surface area contributed by atoms with E-state index in [-0.39, 0.29) is 11.9 Å². The second-order valence-corrected chi connectivity index (χ2v) is 4.33. The molecular weight excluding hydrogens is 232 g/mol. The average Bonchev–Trinajstić information content (AvgIpc) is 2.35. The summed E-state index contributed by atoms with van der Waals surface area (Å²) in [7, 11) is 1.36. The van der Waals surface area contributed by atoms with Crippen LogP contribution >= 0.6 is 0 Å². The summed E-state index contributed by atoms with van der Waals surface area (Å²) < 4.78 is 4.73. The van der Waals surface area contributed by atoms with Crippen molar-refractivity contribution in [2.24, 2.45) is 11.7 Å². The maximum atomic E-state index is 11.6. The van der Waals surface area contributed by atoms with Crippen LogP contribution in [0.15, 0.2) is 24.3 Å². The first-order chi connectivity index (χ1) is 8.45. The molecule has 1 aromatic carbocycles. The molecule has 98 valence electrons. The second kappa shape index (κ2) is 6.05. The zero-order chi connectivity index (χ0) is 13.7. The van der Waals surface area contributed by atoms with E-state index in [0.29, 0.717) is 5.56 Å². The fourth-order valence-corrected chi connectivity index (χ4v) is 1.54. The fourth-order valence-electron chi connectivity index (χ4n) is 1.54. The fraction of sp³-hybridized carbons (Fsp3) is 0.385. The molecule has 1 rings (SSSR count). The Morgan fingerprint density at radius 1 is 1.22 bits per heavy atom. The van der Waals surface area contributed by atoms with E-state index < -0.39 is 11.9 Å². The summed E-state index contributed by atoms with van der Waals surface area (Å²) in [5, 5.41) is 3.07. The summed E-state index contributed by atoms with van der Waals surface area (Å²) in [6, 6.07) is 6.21. The number of hydrogen-bond donors (Lipinski definition) is 2. The maximum Gasteiger partial charge on any atom is 0.328 e. The number of carbonyl (C=O) groups excluding carboxylic acids is 2. The van der Waals surface area contributed by atoms with Gasteiger partial charge in [-0.2, -0.15) is 0 Å². The molecule has 5 nitrogen and oxygen atoms in total. The molecule has 3 N–H and O–H groups in total. The third kappa shape index (κ3) is 3.48. The first kappa shape index (κ1) is 14.0. The summed E-state index contributed by atoms with van der Waals surface area (Å²) in [5.74, 6) is -0.702. The first-order valence-corrected chi connectivity index (χ1v) is 5.70. The number of benzene rings is 1. The van der Waals surface area contributed by atoms with Gasteiger partial charge in [0.25, 0.3) is 0 Å². The number of amides is 1. The van der Waals surface area contributed by atoms with Crippen LogP contribution in [-0.2, 0) is 9.53 Å². The van der Waals surface area contributed by atoms with E-state index in [4.69, 9.17) is 10.5 Å². The van der Waals surface area contributed by atoms with Crippen molar-refractivity contribution >= 4 is 17.6 Å². The highest BCUT2D eigenvalue weighted by atomic mass is 16.5. The Balaban J connectivity index is 2.81. The monoisotopic (exact) mass is 250 g/mol. The van der Waals surface area contributed by atoms with Gasteiger partial charge in [-0.25, -0.2) is 4.79 Å². The number of primary amides is 1. The predicted octanol–water partition coefficient (Wildman–Crippen LogP) is 1.39. The van der Waals surface area contributed by atoms with Crippen LogP contribution in [0, 0.1) is 5.92 Å². The Hall–Kier alpha value is -2.04. The lowest BCUT2D eigenvalue weighted by Gasteiger charge is -2.20. The van der Waals surface area contributed by atoms with E-state index in [2.05, 4.69) is 5.32 Å². The minimum Gasteiger partial charge on any atom is -0.467 e. The lowest BCUT2D eigenvalue weighted by atomic mass is 10.0. The number of nitrogens with two attached hydrogens (primary N) is 1. The van der Waals surface area contributed by atoms with E-state index in [0.717, 1.165) is 5.69 Å². The van der Waals surface area contributed by atoms with Crippen molar-refractivity contribution < 1.29 is 14.3 Å². The van der Waals surface area contributed by atoms with Gasteiger partial charge in [0.1, 0.15) is 6.04 Å².